The number of amides is 2. The van der Waals surface area contributed by atoms with Gasteiger partial charge in [0, 0.05) is 132 Å². The van der Waals surface area contributed by atoms with Crippen molar-refractivity contribution in [2.75, 3.05) is 56.0 Å². The molecular weight excluding hydrogens is 926 g/mol. The first-order valence-corrected chi connectivity index (χ1v) is 25.9. The highest BCUT2D eigenvalue weighted by atomic mass is 35.5. The second kappa shape index (κ2) is 21.6. The third-order valence-electron chi connectivity index (χ3n) is 15.8. The van der Waals surface area contributed by atoms with Crippen LogP contribution in [0, 0.1) is 27.7 Å². The van der Waals surface area contributed by atoms with Crippen molar-refractivity contribution in [3.63, 3.8) is 0 Å². The van der Waals surface area contributed by atoms with Gasteiger partial charge in [-0.2, -0.15) is 4.57 Å². The summed E-state index contributed by atoms with van der Waals surface area (Å²) >= 11 is 13.5. The van der Waals surface area contributed by atoms with Gasteiger partial charge in [-0.25, -0.2) is 9.89 Å². The van der Waals surface area contributed by atoms with E-state index in [1.165, 1.54) is 0 Å². The molecular formula is C53H72Cl2N11O4+. The largest absolute Gasteiger partial charge is 0.369 e. The number of anilines is 2. The Balaban J connectivity index is 0.929. The number of nitrogens with zero attached hydrogens (tertiary/aromatic N) is 7. The average Bonchev–Trinajstić information content (AvgIpc) is 4.04. The molecule has 15 nitrogen and oxygen atoms in total. The van der Waals surface area contributed by atoms with Crippen molar-refractivity contribution >= 4 is 52.0 Å². The summed E-state index contributed by atoms with van der Waals surface area (Å²) in [7, 11) is 6.39. The maximum atomic E-state index is 14.5. The number of aromatic amines is 1. The van der Waals surface area contributed by atoms with Gasteiger partial charge in [0.2, 0.25) is 0 Å². The van der Waals surface area contributed by atoms with Gasteiger partial charge in [0.1, 0.15) is 17.9 Å². The van der Waals surface area contributed by atoms with Crippen molar-refractivity contribution in [2.45, 2.75) is 143 Å². The molecule has 2 amide bonds. The molecule has 4 heterocycles. The molecule has 376 valence electrons. The molecule has 4 N–H and O–H groups in total. The predicted molar refractivity (Wildman–Crippen MR) is 281 cm³/mol. The van der Waals surface area contributed by atoms with Gasteiger partial charge in [0.05, 0.1) is 6.54 Å². The van der Waals surface area contributed by atoms with E-state index < -0.39 is 0 Å². The van der Waals surface area contributed by atoms with E-state index in [1.54, 1.807) is 22.8 Å². The van der Waals surface area contributed by atoms with E-state index in [0.717, 1.165) is 123 Å². The van der Waals surface area contributed by atoms with Crippen LogP contribution in [0.2, 0.25) is 10.0 Å². The molecule has 0 atom stereocenters. The van der Waals surface area contributed by atoms with E-state index in [-0.39, 0.29) is 48.0 Å². The van der Waals surface area contributed by atoms with Gasteiger partial charge in [-0.15, -0.1) is 4.52 Å². The summed E-state index contributed by atoms with van der Waals surface area (Å²) in [5, 5.41) is 10.4. The lowest BCUT2D eigenvalue weighted by Crippen LogP contribution is -2.47. The minimum Gasteiger partial charge on any atom is -0.369 e. The van der Waals surface area contributed by atoms with E-state index in [9.17, 15) is 19.2 Å². The molecule has 2 fully saturated rings. The molecule has 0 radical (unpaired) electrons. The van der Waals surface area contributed by atoms with Gasteiger partial charge in [-0.1, -0.05) is 23.2 Å². The third kappa shape index (κ3) is 10.2. The number of carbonyl (C=O) groups is 2. The third-order valence-corrected chi connectivity index (χ3v) is 16.2. The molecule has 0 saturated heterocycles. The Kier molecular flexibility index (Phi) is 15.7. The average molecular weight is 998 g/mol. The Labute approximate surface area is 422 Å². The Morgan fingerprint density at radius 3 is 1.77 bits per heavy atom. The van der Waals surface area contributed by atoms with Crippen LogP contribution in [0.3, 0.4) is 0 Å². The van der Waals surface area contributed by atoms with E-state index in [1.807, 2.05) is 61.3 Å². The van der Waals surface area contributed by atoms with Crippen LogP contribution >= 0.6 is 23.2 Å². The van der Waals surface area contributed by atoms with Crippen LogP contribution < -0.4 is 41.4 Å². The minimum atomic E-state index is -0.274. The molecule has 70 heavy (non-hydrogen) atoms. The monoisotopic (exact) mass is 997 g/mol. The first kappa shape index (κ1) is 51.0. The lowest BCUT2D eigenvalue weighted by Gasteiger charge is -2.40. The number of aromatic nitrogens is 4. The number of carbonyl (C=O) groups excluding carboxylic acids is 2. The van der Waals surface area contributed by atoms with Crippen molar-refractivity contribution < 1.29 is 14.1 Å². The Hall–Kier alpha value is -5.35. The van der Waals surface area contributed by atoms with Gasteiger partial charge >= 0.3 is 11.2 Å². The second-order valence-electron chi connectivity index (χ2n) is 19.9. The molecule has 8 rings (SSSR count). The molecule has 1 aliphatic heterocycles. The smallest absolute Gasteiger partial charge is 0.344 e. The quantitative estimate of drug-likeness (QED) is 0.0768. The number of halogens is 2. The van der Waals surface area contributed by atoms with Gasteiger partial charge in [-0.3, -0.25) is 24.0 Å². The highest BCUT2D eigenvalue weighted by Crippen LogP contribution is 2.36. The zero-order valence-corrected chi connectivity index (χ0v) is 44.0. The molecule has 0 unspecified atom stereocenters. The normalized spacial score (nSPS) is 19.1. The highest BCUT2D eigenvalue weighted by Gasteiger charge is 2.33. The SMILES string of the molecule is CCN(c1cc(Cl)cc(C(=O)NCc2c(C)n3c(cc2=O)CCN3)c1C)C1CCC(N(C)Cn2c(=O)c(CNC(=O)c3cc(Cl)cc(N(CC)C4CCC(N(C)C)CC4)c3C)c(C)[n+]3[nH]ccc23)CC1. The fourth-order valence-electron chi connectivity index (χ4n) is 11.7. The fraction of sp³-hybridized carbons (Fsp3) is 0.528. The lowest BCUT2D eigenvalue weighted by atomic mass is 9.88. The minimum absolute atomic E-state index is 0.0546. The van der Waals surface area contributed by atoms with Gasteiger partial charge in [0.25, 0.3) is 11.8 Å². The molecule has 17 heteroatoms. The van der Waals surface area contributed by atoms with Crippen LogP contribution in [0.5, 0.6) is 0 Å². The van der Waals surface area contributed by atoms with Crippen LogP contribution in [0.15, 0.2) is 52.2 Å². The number of H-pyrrole nitrogens is 1. The van der Waals surface area contributed by atoms with Crippen molar-refractivity contribution in [1.29, 1.82) is 0 Å². The van der Waals surface area contributed by atoms with Crippen molar-refractivity contribution in [3.05, 3.63) is 124 Å². The molecule has 0 spiro atoms. The molecule has 2 aromatic carbocycles. The second-order valence-corrected chi connectivity index (χ2v) is 20.8. The van der Waals surface area contributed by atoms with Crippen molar-refractivity contribution in [3.8, 4) is 0 Å². The van der Waals surface area contributed by atoms with Crippen LogP contribution in [0.1, 0.15) is 125 Å². The standard InChI is InChI=1S/C53H71Cl2N11O4/c1-10-62(40-16-12-38(13-17-40)60(7)8)47-26-37(55)25-44(33(47)4)52(69)57-30-46-35(6)66-50(21-23-59-66)64(53(46)70)31-61(9)39-14-18-41(19-15-39)63(11-2)48-27-36(54)24-43(32(48)3)51(68)56-29-45-34(5)65-42(20-22-58-65)28-49(45)67/h21,23-28,38-41,58H,10-20,22,29-31H2,1-9H3,(H2,56,57,68,69)/p+1. The van der Waals surface area contributed by atoms with Crippen LogP contribution in [-0.4, -0.2) is 101 Å². The van der Waals surface area contributed by atoms with E-state index in [4.69, 9.17) is 23.2 Å². The lowest BCUT2D eigenvalue weighted by molar-refractivity contribution is -0.588. The first-order chi connectivity index (χ1) is 33.5. The van der Waals surface area contributed by atoms with Crippen molar-refractivity contribution in [1.82, 2.24) is 34.8 Å². The molecule has 3 aliphatic rings. The summed E-state index contributed by atoms with van der Waals surface area (Å²) in [5.41, 5.74) is 12.0. The summed E-state index contributed by atoms with van der Waals surface area (Å²) in [5.74, 6) is -0.543. The summed E-state index contributed by atoms with van der Waals surface area (Å²) in [4.78, 5) is 64.7. The number of aryl methyl sites for hydroxylation is 1. The van der Waals surface area contributed by atoms with Gasteiger partial charge in [-0.05, 0) is 143 Å². The molecule has 3 aromatic heterocycles. The zero-order valence-electron chi connectivity index (χ0n) is 42.5. The summed E-state index contributed by atoms with van der Waals surface area (Å²) in [6, 6.07) is 12.3. The Morgan fingerprint density at radius 1 is 0.729 bits per heavy atom. The summed E-state index contributed by atoms with van der Waals surface area (Å²) in [6.07, 6.45) is 10.7. The molecule has 0 bridgehead atoms. The number of pyridine rings is 1. The Bertz CT molecular complexity index is 2870. The van der Waals surface area contributed by atoms with E-state index in [2.05, 4.69) is 75.7 Å². The maximum Gasteiger partial charge on any atom is 0.344 e. The number of benzene rings is 2. The molecule has 2 saturated carbocycles. The first-order valence-electron chi connectivity index (χ1n) is 25.2. The zero-order chi connectivity index (χ0) is 50.1. The topological polar surface area (TPSA) is 147 Å². The van der Waals surface area contributed by atoms with E-state index >= 15 is 0 Å². The van der Waals surface area contributed by atoms with Crippen LogP contribution in [0.25, 0.3) is 5.65 Å². The predicted octanol–water partition coefficient (Wildman–Crippen LogP) is 7.00. The molecule has 2 aliphatic carbocycles. The van der Waals surface area contributed by atoms with Gasteiger partial charge in [0.15, 0.2) is 5.43 Å². The van der Waals surface area contributed by atoms with E-state index in [0.29, 0.717) is 51.1 Å². The Morgan fingerprint density at radius 2 is 1.24 bits per heavy atom. The summed E-state index contributed by atoms with van der Waals surface area (Å²) < 4.78 is 5.65. The highest BCUT2D eigenvalue weighted by molar-refractivity contribution is 6.31. The number of hydrogen-bond acceptors (Lipinski definition) is 9. The van der Waals surface area contributed by atoms with Crippen LogP contribution in [-0.2, 0) is 26.2 Å². The number of fused-ring (bicyclic) bond motifs is 2. The van der Waals surface area contributed by atoms with Crippen LogP contribution in [0.4, 0.5) is 11.4 Å². The fourth-order valence-corrected chi connectivity index (χ4v) is 12.1. The maximum absolute atomic E-state index is 14.5. The summed E-state index contributed by atoms with van der Waals surface area (Å²) in [6.45, 7) is 14.9. The molecule has 5 aromatic rings. The number of hydrogen-bond donors (Lipinski definition) is 4. The number of rotatable bonds is 16. The number of nitrogens with one attached hydrogen (secondary N) is 4. The van der Waals surface area contributed by atoms with Crippen molar-refractivity contribution in [2.24, 2.45) is 0 Å². The van der Waals surface area contributed by atoms with Gasteiger partial charge < -0.3 is 30.8 Å².